The maximum absolute atomic E-state index is 9.52. The molecule has 3 N–H and O–H groups in total. The van der Waals surface area contributed by atoms with Gasteiger partial charge in [0.2, 0.25) is 0 Å². The average molecular weight is 323 g/mol. The number of aromatic hydroxyl groups is 1. The Balaban J connectivity index is 3.12. The molecule has 0 saturated heterocycles. The van der Waals surface area contributed by atoms with E-state index in [1.807, 2.05) is 12.1 Å². The molecule has 0 bridgehead atoms. The zero-order chi connectivity index (χ0) is 10.9. The van der Waals surface area contributed by atoms with Crippen molar-refractivity contribution in [3.63, 3.8) is 0 Å². The van der Waals surface area contributed by atoms with Crippen molar-refractivity contribution >= 4 is 31.9 Å². The highest BCUT2D eigenvalue weighted by atomic mass is 79.9. The standard InChI is InChI=1S/C10H13Br2NO/c1-5(2)9(13)6-3-7(11)10(14)8(12)4-6/h3-5,9,14H,13H2,1-2H3. The normalized spacial score (nSPS) is 13.3. The van der Waals surface area contributed by atoms with Gasteiger partial charge in [0.25, 0.3) is 0 Å². The minimum Gasteiger partial charge on any atom is -0.506 e. The molecule has 1 aromatic carbocycles. The van der Waals surface area contributed by atoms with E-state index in [4.69, 9.17) is 5.73 Å². The van der Waals surface area contributed by atoms with Gasteiger partial charge >= 0.3 is 0 Å². The van der Waals surface area contributed by atoms with E-state index in [0.29, 0.717) is 14.9 Å². The number of rotatable bonds is 2. The summed E-state index contributed by atoms with van der Waals surface area (Å²) in [4.78, 5) is 0. The third-order valence-corrected chi connectivity index (χ3v) is 3.35. The van der Waals surface area contributed by atoms with Crippen LogP contribution in [-0.2, 0) is 0 Å². The van der Waals surface area contributed by atoms with Crippen molar-refractivity contribution in [2.45, 2.75) is 19.9 Å². The number of nitrogens with two attached hydrogens (primary N) is 1. The predicted octanol–water partition coefficient (Wildman–Crippen LogP) is 3.57. The van der Waals surface area contributed by atoms with Gasteiger partial charge in [0.15, 0.2) is 0 Å². The molecule has 2 nitrogen and oxygen atoms in total. The first kappa shape index (κ1) is 12.0. The third kappa shape index (κ3) is 2.49. The van der Waals surface area contributed by atoms with Crippen LogP contribution < -0.4 is 5.73 Å². The molecular formula is C10H13Br2NO. The molecule has 0 aliphatic rings. The van der Waals surface area contributed by atoms with Crippen LogP contribution in [0.5, 0.6) is 5.75 Å². The second-order valence-electron chi connectivity index (χ2n) is 3.60. The number of hydrogen-bond acceptors (Lipinski definition) is 2. The zero-order valence-electron chi connectivity index (χ0n) is 8.09. The fourth-order valence-electron chi connectivity index (χ4n) is 1.16. The van der Waals surface area contributed by atoms with Crippen LogP contribution in [0.15, 0.2) is 21.1 Å². The lowest BCUT2D eigenvalue weighted by Crippen LogP contribution is -2.16. The highest BCUT2D eigenvalue weighted by Crippen LogP contribution is 2.35. The number of phenols is 1. The minimum atomic E-state index is -0.0109. The van der Waals surface area contributed by atoms with Crippen LogP contribution in [0.3, 0.4) is 0 Å². The summed E-state index contributed by atoms with van der Waals surface area (Å²) < 4.78 is 1.33. The quantitative estimate of drug-likeness (QED) is 0.874. The second-order valence-corrected chi connectivity index (χ2v) is 5.31. The van der Waals surface area contributed by atoms with Gasteiger partial charge in [-0.15, -0.1) is 0 Å². The first-order valence-corrected chi connectivity index (χ1v) is 5.95. The molecule has 0 fully saturated rings. The first-order chi connectivity index (χ1) is 6.43. The van der Waals surface area contributed by atoms with Gasteiger partial charge in [-0.2, -0.15) is 0 Å². The Morgan fingerprint density at radius 3 is 2.00 bits per heavy atom. The molecule has 14 heavy (non-hydrogen) atoms. The molecule has 0 spiro atoms. The predicted molar refractivity (Wildman–Crippen MR) is 65.3 cm³/mol. The molecule has 0 amide bonds. The smallest absolute Gasteiger partial charge is 0.143 e. The molecule has 4 heteroatoms. The molecule has 0 aromatic heterocycles. The van der Waals surface area contributed by atoms with Gasteiger partial charge in [-0.25, -0.2) is 0 Å². The Bertz CT molecular complexity index is 316. The summed E-state index contributed by atoms with van der Waals surface area (Å²) in [7, 11) is 0. The van der Waals surface area contributed by atoms with Crippen molar-refractivity contribution in [1.29, 1.82) is 0 Å². The summed E-state index contributed by atoms with van der Waals surface area (Å²) in [6, 6.07) is 3.69. The highest BCUT2D eigenvalue weighted by molar-refractivity contribution is 9.11. The number of phenolic OH excluding ortho intramolecular Hbond substituents is 1. The lowest BCUT2D eigenvalue weighted by Gasteiger charge is -2.17. The van der Waals surface area contributed by atoms with E-state index >= 15 is 0 Å². The van der Waals surface area contributed by atoms with Crippen molar-refractivity contribution < 1.29 is 5.11 Å². The van der Waals surface area contributed by atoms with Crippen molar-refractivity contribution in [3.05, 3.63) is 26.6 Å². The van der Waals surface area contributed by atoms with Gasteiger partial charge < -0.3 is 10.8 Å². The third-order valence-electron chi connectivity index (χ3n) is 2.14. The Morgan fingerprint density at radius 2 is 1.64 bits per heavy atom. The van der Waals surface area contributed by atoms with Gasteiger partial charge in [0.1, 0.15) is 5.75 Å². The fraction of sp³-hybridized carbons (Fsp3) is 0.400. The van der Waals surface area contributed by atoms with Crippen LogP contribution in [0.4, 0.5) is 0 Å². The molecule has 78 valence electrons. The average Bonchev–Trinajstić information content (AvgIpc) is 2.12. The van der Waals surface area contributed by atoms with Crippen molar-refractivity contribution in [2.75, 3.05) is 0 Å². The molecule has 0 aliphatic carbocycles. The topological polar surface area (TPSA) is 46.2 Å². The molecule has 0 radical (unpaired) electrons. The van der Waals surface area contributed by atoms with Crippen molar-refractivity contribution in [3.8, 4) is 5.75 Å². The molecule has 0 saturated carbocycles. The molecule has 0 heterocycles. The summed E-state index contributed by atoms with van der Waals surface area (Å²) in [6.07, 6.45) is 0. The van der Waals surface area contributed by atoms with Crippen LogP contribution in [0.2, 0.25) is 0 Å². The summed E-state index contributed by atoms with van der Waals surface area (Å²) in [6.45, 7) is 4.14. The van der Waals surface area contributed by atoms with Gasteiger partial charge in [0.05, 0.1) is 8.95 Å². The maximum atomic E-state index is 9.52. The molecule has 0 aliphatic heterocycles. The Morgan fingerprint density at radius 1 is 1.21 bits per heavy atom. The van der Waals surface area contributed by atoms with E-state index in [1.54, 1.807) is 0 Å². The molecule has 1 aromatic rings. The number of hydrogen-bond donors (Lipinski definition) is 2. The molecular weight excluding hydrogens is 310 g/mol. The number of benzene rings is 1. The van der Waals surface area contributed by atoms with Gasteiger partial charge in [-0.1, -0.05) is 13.8 Å². The van der Waals surface area contributed by atoms with Crippen LogP contribution in [0.25, 0.3) is 0 Å². The largest absolute Gasteiger partial charge is 0.506 e. The Hall–Kier alpha value is -0.0600. The maximum Gasteiger partial charge on any atom is 0.143 e. The van der Waals surface area contributed by atoms with Crippen molar-refractivity contribution in [1.82, 2.24) is 0 Å². The first-order valence-electron chi connectivity index (χ1n) is 4.37. The second kappa shape index (κ2) is 4.64. The van der Waals surface area contributed by atoms with Gasteiger partial charge in [-0.3, -0.25) is 0 Å². The van der Waals surface area contributed by atoms with E-state index in [9.17, 15) is 5.11 Å². The minimum absolute atomic E-state index is 0.0109. The summed E-state index contributed by atoms with van der Waals surface area (Å²) in [5, 5.41) is 9.52. The SMILES string of the molecule is CC(C)C(N)c1cc(Br)c(O)c(Br)c1. The zero-order valence-corrected chi connectivity index (χ0v) is 11.3. The fourth-order valence-corrected chi connectivity index (χ4v) is 2.38. The van der Waals surface area contributed by atoms with Crippen molar-refractivity contribution in [2.24, 2.45) is 11.7 Å². The lowest BCUT2D eigenvalue weighted by atomic mass is 9.97. The van der Waals surface area contributed by atoms with Gasteiger partial charge in [0, 0.05) is 6.04 Å². The van der Waals surface area contributed by atoms with Crippen LogP contribution in [0, 0.1) is 5.92 Å². The summed E-state index contributed by atoms with van der Waals surface area (Å²) >= 11 is 6.56. The number of halogens is 2. The van der Waals surface area contributed by atoms with E-state index < -0.39 is 0 Å². The van der Waals surface area contributed by atoms with Gasteiger partial charge in [-0.05, 0) is 55.5 Å². The van der Waals surface area contributed by atoms with Crippen LogP contribution >= 0.6 is 31.9 Å². The summed E-state index contributed by atoms with van der Waals surface area (Å²) in [5.74, 6) is 0.586. The van der Waals surface area contributed by atoms with E-state index in [-0.39, 0.29) is 11.8 Å². The highest BCUT2D eigenvalue weighted by Gasteiger charge is 2.14. The van der Waals surface area contributed by atoms with E-state index in [1.165, 1.54) is 0 Å². The Kier molecular flexibility index (Phi) is 3.98. The lowest BCUT2D eigenvalue weighted by molar-refractivity contribution is 0.466. The molecule has 1 rings (SSSR count). The Labute approximate surface area is 101 Å². The van der Waals surface area contributed by atoms with E-state index in [2.05, 4.69) is 45.7 Å². The summed E-state index contributed by atoms with van der Waals surface area (Å²) in [5.41, 5.74) is 7.01. The van der Waals surface area contributed by atoms with Crippen LogP contribution in [0.1, 0.15) is 25.5 Å². The monoisotopic (exact) mass is 321 g/mol. The van der Waals surface area contributed by atoms with E-state index in [0.717, 1.165) is 5.56 Å². The molecule has 1 unspecified atom stereocenters. The molecule has 1 atom stereocenters. The van der Waals surface area contributed by atoms with Crippen LogP contribution in [-0.4, -0.2) is 5.11 Å².